The van der Waals surface area contributed by atoms with Crippen LogP contribution in [-0.4, -0.2) is 41.0 Å². The molecule has 9 heteroatoms. The van der Waals surface area contributed by atoms with E-state index >= 15 is 0 Å². The van der Waals surface area contributed by atoms with Crippen molar-refractivity contribution in [1.29, 1.82) is 0 Å². The number of amides is 2. The van der Waals surface area contributed by atoms with Crippen molar-refractivity contribution in [3.8, 4) is 22.8 Å². The Balaban J connectivity index is 1.26. The number of nitrogens with one attached hydrogen (secondary N) is 1. The number of benzene rings is 2. The summed E-state index contributed by atoms with van der Waals surface area (Å²) in [6.45, 7) is 2.60. The van der Waals surface area contributed by atoms with E-state index in [9.17, 15) is 14.0 Å². The number of rotatable bonds is 9. The first-order valence-electron chi connectivity index (χ1n) is 13.4. The first kappa shape index (κ1) is 25.7. The predicted molar refractivity (Wildman–Crippen MR) is 148 cm³/mol. The molecule has 0 spiro atoms. The highest BCUT2D eigenvalue weighted by Crippen LogP contribution is 2.43. The van der Waals surface area contributed by atoms with Crippen molar-refractivity contribution in [3.63, 3.8) is 0 Å². The molecule has 6 rings (SSSR count). The number of nitrogens with zero attached hydrogens (tertiary/aromatic N) is 2. The molecule has 2 amide bonds. The topological polar surface area (TPSA) is 116 Å². The van der Waals surface area contributed by atoms with Crippen LogP contribution >= 0.6 is 0 Å². The zero-order valence-electron chi connectivity index (χ0n) is 22.0. The summed E-state index contributed by atoms with van der Waals surface area (Å²) in [5.74, 6) is -0.184. The zero-order valence-corrected chi connectivity index (χ0v) is 22.0. The smallest absolute Gasteiger partial charge is 0.251 e. The van der Waals surface area contributed by atoms with Gasteiger partial charge in [-0.2, -0.15) is 0 Å². The first-order chi connectivity index (χ1) is 19.4. The number of halogens is 1. The van der Waals surface area contributed by atoms with E-state index in [1.807, 2.05) is 31.2 Å². The molecule has 2 atom stereocenters. The van der Waals surface area contributed by atoms with Gasteiger partial charge in [0.1, 0.15) is 28.5 Å². The number of hydrogen-bond donors (Lipinski definition) is 2. The third-order valence-electron chi connectivity index (χ3n) is 7.28. The number of hydrogen-bond acceptors (Lipinski definition) is 6. The van der Waals surface area contributed by atoms with Gasteiger partial charge in [-0.15, -0.1) is 0 Å². The van der Waals surface area contributed by atoms with Gasteiger partial charge >= 0.3 is 0 Å². The number of fused-ring (bicyclic) bond motifs is 2. The monoisotopic (exact) mass is 540 g/mol. The Kier molecular flexibility index (Phi) is 6.79. The predicted octanol–water partition coefficient (Wildman–Crippen LogP) is 4.86. The van der Waals surface area contributed by atoms with Crippen LogP contribution < -0.4 is 20.5 Å². The molecule has 1 aliphatic heterocycles. The molecule has 204 valence electrons. The van der Waals surface area contributed by atoms with Crippen molar-refractivity contribution < 1.29 is 23.5 Å². The van der Waals surface area contributed by atoms with Crippen LogP contribution in [0.3, 0.4) is 0 Å². The molecule has 3 N–H and O–H groups in total. The second-order valence-electron chi connectivity index (χ2n) is 10.5. The largest absolute Gasteiger partial charge is 0.490 e. The van der Waals surface area contributed by atoms with E-state index < -0.39 is 5.91 Å². The van der Waals surface area contributed by atoms with Gasteiger partial charge in [-0.1, -0.05) is 13.0 Å². The quantitative estimate of drug-likeness (QED) is 0.313. The highest BCUT2D eigenvalue weighted by atomic mass is 19.1. The van der Waals surface area contributed by atoms with Gasteiger partial charge in [-0.05, 0) is 61.4 Å². The molecule has 3 heterocycles. The Morgan fingerprint density at radius 3 is 2.73 bits per heavy atom. The van der Waals surface area contributed by atoms with Crippen LogP contribution in [-0.2, 0) is 4.79 Å². The number of primary amides is 1. The lowest BCUT2D eigenvalue weighted by atomic mass is 9.93. The van der Waals surface area contributed by atoms with E-state index in [-0.39, 0.29) is 36.1 Å². The Hall–Kier alpha value is -4.53. The second-order valence-corrected chi connectivity index (χ2v) is 10.5. The van der Waals surface area contributed by atoms with Crippen LogP contribution in [0.2, 0.25) is 0 Å². The van der Waals surface area contributed by atoms with Crippen LogP contribution in [0.15, 0.2) is 60.8 Å². The minimum absolute atomic E-state index is 0.145. The molecule has 0 unspecified atom stereocenters. The fraction of sp³-hybridized carbons (Fsp3) is 0.290. The van der Waals surface area contributed by atoms with Crippen LogP contribution in [0, 0.1) is 5.82 Å². The fourth-order valence-electron chi connectivity index (χ4n) is 4.97. The molecule has 8 nitrogen and oxygen atoms in total. The molecule has 0 radical (unpaired) electrons. The third-order valence-corrected chi connectivity index (χ3v) is 7.28. The number of pyridine rings is 2. The average Bonchev–Trinajstić information content (AvgIpc) is 3.69. The molecule has 2 aromatic heterocycles. The van der Waals surface area contributed by atoms with Crippen LogP contribution in [0.4, 0.5) is 4.39 Å². The van der Waals surface area contributed by atoms with Crippen molar-refractivity contribution in [1.82, 2.24) is 15.3 Å². The summed E-state index contributed by atoms with van der Waals surface area (Å²) in [7, 11) is 0. The van der Waals surface area contributed by atoms with Gasteiger partial charge in [0.25, 0.3) is 5.91 Å². The maximum atomic E-state index is 13.6. The van der Waals surface area contributed by atoms with E-state index in [0.717, 1.165) is 35.0 Å². The maximum Gasteiger partial charge on any atom is 0.251 e. The number of aromatic nitrogens is 2. The average molecular weight is 541 g/mol. The second kappa shape index (κ2) is 10.6. The third kappa shape index (κ3) is 5.32. The summed E-state index contributed by atoms with van der Waals surface area (Å²) in [6.07, 6.45) is 4.04. The van der Waals surface area contributed by atoms with Gasteiger partial charge < -0.3 is 20.5 Å². The minimum Gasteiger partial charge on any atom is -0.490 e. The molecule has 40 heavy (non-hydrogen) atoms. The van der Waals surface area contributed by atoms with Crippen LogP contribution in [0.25, 0.3) is 22.2 Å². The van der Waals surface area contributed by atoms with Crippen molar-refractivity contribution in [2.24, 2.45) is 5.73 Å². The lowest BCUT2D eigenvalue weighted by molar-refractivity contribution is -0.118. The van der Waals surface area contributed by atoms with Gasteiger partial charge in [0.05, 0.1) is 12.7 Å². The fourth-order valence-corrected chi connectivity index (χ4v) is 4.97. The number of ether oxygens (including phenoxy) is 2. The molecule has 2 aliphatic rings. The van der Waals surface area contributed by atoms with Crippen molar-refractivity contribution in [2.75, 3.05) is 13.2 Å². The lowest BCUT2D eigenvalue weighted by Crippen LogP contribution is -2.28. The van der Waals surface area contributed by atoms with Gasteiger partial charge in [-0.25, -0.2) is 9.37 Å². The molecule has 2 aromatic carbocycles. The van der Waals surface area contributed by atoms with E-state index in [1.54, 1.807) is 24.4 Å². The number of nitrogens with two attached hydrogens (primary N) is 1. The molecular formula is C31H29FN4O4. The Bertz CT molecular complexity index is 1600. The van der Waals surface area contributed by atoms with Crippen molar-refractivity contribution >= 4 is 22.7 Å². The highest BCUT2D eigenvalue weighted by Gasteiger charge is 2.31. The molecule has 1 saturated carbocycles. The Morgan fingerprint density at radius 1 is 1.18 bits per heavy atom. The molecule has 1 fully saturated rings. The summed E-state index contributed by atoms with van der Waals surface area (Å²) in [5.41, 5.74) is 9.55. The molecule has 4 aromatic rings. The normalized spacial score (nSPS) is 16.7. The summed E-state index contributed by atoms with van der Waals surface area (Å²) in [6, 6.07) is 15.3. The van der Waals surface area contributed by atoms with Gasteiger partial charge in [0.2, 0.25) is 5.91 Å². The summed E-state index contributed by atoms with van der Waals surface area (Å²) in [5, 5.41) is 3.86. The van der Waals surface area contributed by atoms with Gasteiger partial charge in [0.15, 0.2) is 0 Å². The number of carbonyl (C=O) groups excluding carboxylic acids is 2. The lowest BCUT2D eigenvalue weighted by Gasteiger charge is -2.17. The van der Waals surface area contributed by atoms with Gasteiger partial charge in [0, 0.05) is 58.8 Å². The molecule has 0 bridgehead atoms. The molecule has 1 aliphatic carbocycles. The Labute approximate surface area is 230 Å². The van der Waals surface area contributed by atoms with Crippen molar-refractivity contribution in [3.05, 3.63) is 83.4 Å². The summed E-state index contributed by atoms with van der Waals surface area (Å²) >= 11 is 0. The zero-order chi connectivity index (χ0) is 27.8. The van der Waals surface area contributed by atoms with Crippen LogP contribution in [0.5, 0.6) is 11.5 Å². The molecule has 0 saturated heterocycles. The van der Waals surface area contributed by atoms with Crippen LogP contribution in [0.1, 0.15) is 59.6 Å². The highest BCUT2D eigenvalue weighted by molar-refractivity contribution is 5.99. The summed E-state index contributed by atoms with van der Waals surface area (Å²) in [4.78, 5) is 34.3. The minimum atomic E-state index is -0.418. The standard InChI is InChI=1S/C31H29FN4O4/c1-17(15-35-31(38)20-11-19-3-2-10-34-28(19)26(12-20)40-23-8-9-23)25-14-24-21(13-27(33)37)16-39-30(24)29(36-25)18-4-6-22(32)7-5-18/h2-7,10-12,14,17,21,23H,8-9,13,15-16H2,1H3,(H2,33,37)(H,35,38)/t17-,21-/m1/s1. The Morgan fingerprint density at radius 2 is 1.98 bits per heavy atom. The van der Waals surface area contributed by atoms with E-state index in [2.05, 4.69) is 10.3 Å². The van der Waals surface area contributed by atoms with E-state index in [1.165, 1.54) is 12.1 Å². The maximum absolute atomic E-state index is 13.6. The first-order valence-corrected chi connectivity index (χ1v) is 13.4. The summed E-state index contributed by atoms with van der Waals surface area (Å²) < 4.78 is 25.6. The van der Waals surface area contributed by atoms with E-state index in [4.69, 9.17) is 20.2 Å². The number of carbonyl (C=O) groups is 2. The molecular weight excluding hydrogens is 511 g/mol. The van der Waals surface area contributed by atoms with Crippen molar-refractivity contribution in [2.45, 2.75) is 44.1 Å². The SMILES string of the molecule is C[C@H](CNC(=O)c1cc(OC2CC2)c2ncccc2c1)c1cc2c(c(-c3ccc(F)cc3)n1)OC[C@H]2CC(N)=O. The van der Waals surface area contributed by atoms with Gasteiger partial charge in [-0.3, -0.25) is 14.6 Å². The van der Waals surface area contributed by atoms with E-state index in [0.29, 0.717) is 41.5 Å².